The summed E-state index contributed by atoms with van der Waals surface area (Å²) in [7, 11) is 4.64. The van der Waals surface area contributed by atoms with Crippen LogP contribution in [0.15, 0.2) is 75.7 Å². The summed E-state index contributed by atoms with van der Waals surface area (Å²) in [6.45, 7) is 3.92. The van der Waals surface area contributed by atoms with Crippen LogP contribution in [0, 0.1) is 3.57 Å². The number of methoxy groups -OCH3 is 3. The van der Waals surface area contributed by atoms with Crippen molar-refractivity contribution in [3.63, 3.8) is 0 Å². The van der Waals surface area contributed by atoms with Gasteiger partial charge in [0.1, 0.15) is 6.61 Å². The fourth-order valence-corrected chi connectivity index (χ4v) is 7.03. The number of thiazole rings is 1. The Hall–Kier alpha value is -3.81. The number of hydrogen-bond donors (Lipinski definition) is 0. The van der Waals surface area contributed by atoms with E-state index in [1.807, 2.05) is 36.4 Å². The van der Waals surface area contributed by atoms with Crippen molar-refractivity contribution in [2.75, 3.05) is 27.9 Å². The molecule has 234 valence electrons. The van der Waals surface area contributed by atoms with Gasteiger partial charge in [0.2, 0.25) is 0 Å². The van der Waals surface area contributed by atoms with Crippen molar-refractivity contribution in [3.05, 3.63) is 111 Å². The van der Waals surface area contributed by atoms with Gasteiger partial charge in [0.05, 0.1) is 53.4 Å². The van der Waals surface area contributed by atoms with Gasteiger partial charge in [0.25, 0.3) is 5.56 Å². The van der Waals surface area contributed by atoms with Crippen LogP contribution in [0.25, 0.3) is 6.08 Å². The topological polar surface area (TPSA) is 97.6 Å². The molecule has 0 radical (unpaired) electrons. The largest absolute Gasteiger partial charge is 0.493 e. The molecule has 0 aliphatic carbocycles. The van der Waals surface area contributed by atoms with Crippen molar-refractivity contribution in [2.24, 2.45) is 4.99 Å². The lowest BCUT2D eigenvalue weighted by Gasteiger charge is -2.25. The zero-order valence-corrected chi connectivity index (χ0v) is 28.9. The second-order valence-corrected chi connectivity index (χ2v) is 12.4. The van der Waals surface area contributed by atoms with Gasteiger partial charge in [-0.1, -0.05) is 47.2 Å². The number of carbonyl (C=O) groups is 1. The number of allylic oxidation sites excluding steroid dienone is 1. The summed E-state index contributed by atoms with van der Waals surface area (Å²) in [4.78, 5) is 32.4. The minimum atomic E-state index is -0.794. The summed E-state index contributed by atoms with van der Waals surface area (Å²) >= 11 is 9.72. The molecule has 0 spiro atoms. The molecule has 0 N–H and O–H groups in total. The highest BCUT2D eigenvalue weighted by molar-refractivity contribution is 14.1. The Balaban J connectivity index is 1.60. The van der Waals surface area contributed by atoms with E-state index in [4.69, 9.17) is 35.3 Å². The first-order valence-electron chi connectivity index (χ1n) is 13.9. The minimum absolute atomic E-state index is 0.178. The average molecular weight is 761 g/mol. The number of aromatic nitrogens is 1. The molecule has 0 fully saturated rings. The van der Waals surface area contributed by atoms with E-state index in [0.29, 0.717) is 48.6 Å². The molecular formula is C33H30ClIN2O7S. The second kappa shape index (κ2) is 14.1. The summed E-state index contributed by atoms with van der Waals surface area (Å²) in [5.41, 5.74) is 2.67. The Bertz CT molecular complexity index is 1990. The van der Waals surface area contributed by atoms with E-state index >= 15 is 0 Å². The monoisotopic (exact) mass is 760 g/mol. The first-order chi connectivity index (χ1) is 21.7. The van der Waals surface area contributed by atoms with Crippen molar-refractivity contribution in [1.29, 1.82) is 0 Å². The number of fused-ring (bicyclic) bond motifs is 1. The smallest absolute Gasteiger partial charge is 0.338 e. The van der Waals surface area contributed by atoms with Crippen LogP contribution < -0.4 is 33.8 Å². The Morgan fingerprint density at radius 3 is 2.47 bits per heavy atom. The Labute approximate surface area is 282 Å². The number of ether oxygens (including phenoxy) is 5. The molecule has 1 aromatic heterocycles. The lowest BCUT2D eigenvalue weighted by molar-refractivity contribution is -0.139. The van der Waals surface area contributed by atoms with Crippen molar-refractivity contribution in [2.45, 2.75) is 26.5 Å². The van der Waals surface area contributed by atoms with Gasteiger partial charge >= 0.3 is 5.97 Å². The van der Waals surface area contributed by atoms with E-state index in [0.717, 1.165) is 14.7 Å². The van der Waals surface area contributed by atoms with Crippen LogP contribution in [-0.2, 0) is 16.1 Å². The summed E-state index contributed by atoms with van der Waals surface area (Å²) in [6.07, 6.45) is 1.78. The molecule has 45 heavy (non-hydrogen) atoms. The number of hydrogen-bond acceptors (Lipinski definition) is 9. The predicted molar refractivity (Wildman–Crippen MR) is 181 cm³/mol. The van der Waals surface area contributed by atoms with Crippen LogP contribution in [0.5, 0.6) is 23.0 Å². The van der Waals surface area contributed by atoms with Crippen LogP contribution in [0.1, 0.15) is 36.6 Å². The normalized spacial score (nSPS) is 14.5. The molecule has 1 atom stereocenters. The van der Waals surface area contributed by atoms with E-state index in [1.54, 1.807) is 52.3 Å². The number of carbonyl (C=O) groups excluding carboxylic acids is 1. The second-order valence-electron chi connectivity index (χ2n) is 9.83. The van der Waals surface area contributed by atoms with Gasteiger partial charge in [-0.15, -0.1) is 0 Å². The van der Waals surface area contributed by atoms with Gasteiger partial charge in [-0.25, -0.2) is 9.79 Å². The van der Waals surface area contributed by atoms with Crippen LogP contribution in [0.4, 0.5) is 0 Å². The third kappa shape index (κ3) is 6.61. The summed E-state index contributed by atoms with van der Waals surface area (Å²) in [5.74, 6) is 1.53. The maximum absolute atomic E-state index is 14.1. The summed E-state index contributed by atoms with van der Waals surface area (Å²) in [6, 6.07) is 15.7. The number of halogens is 2. The highest BCUT2D eigenvalue weighted by Gasteiger charge is 2.34. The van der Waals surface area contributed by atoms with E-state index in [1.165, 1.54) is 23.0 Å². The standard InChI is InChI=1S/C33H30ClIN2O7S/c1-6-43-32(39)28-18(2)36-33-37(29(28)20-11-12-24(40-3)25(16-20)41-4)31(38)27(45-33)15-19-13-23(35)30(26(14-19)42-5)44-17-21-9-7-8-10-22(21)34/h7-16,29H,6,17H2,1-5H3/b27-15+. The molecule has 12 heteroatoms. The molecule has 0 bridgehead atoms. The van der Waals surface area contributed by atoms with Gasteiger partial charge in [0, 0.05) is 10.6 Å². The van der Waals surface area contributed by atoms with Crippen molar-refractivity contribution in [3.8, 4) is 23.0 Å². The highest BCUT2D eigenvalue weighted by Crippen LogP contribution is 2.37. The molecule has 1 aliphatic heterocycles. The Morgan fingerprint density at radius 2 is 1.78 bits per heavy atom. The zero-order chi connectivity index (χ0) is 32.2. The number of esters is 1. The molecule has 9 nitrogen and oxygen atoms in total. The SMILES string of the molecule is CCOC(=O)C1=C(C)N=c2s/c(=C/c3cc(I)c(OCc4ccccc4Cl)c(OC)c3)c(=O)n2C1c1ccc(OC)c(OC)c1. The maximum atomic E-state index is 14.1. The first kappa shape index (κ1) is 32.6. The van der Waals surface area contributed by atoms with Crippen molar-refractivity contribution < 1.29 is 28.5 Å². The van der Waals surface area contributed by atoms with Crippen LogP contribution in [0.3, 0.4) is 0 Å². The molecule has 0 saturated carbocycles. The Kier molecular flexibility index (Phi) is 10.2. The summed E-state index contributed by atoms with van der Waals surface area (Å²) < 4.78 is 30.9. The zero-order valence-electron chi connectivity index (χ0n) is 25.2. The Morgan fingerprint density at radius 1 is 1.04 bits per heavy atom. The number of nitrogens with zero attached hydrogens (tertiary/aromatic N) is 2. The van der Waals surface area contributed by atoms with Crippen LogP contribution >= 0.6 is 45.5 Å². The maximum Gasteiger partial charge on any atom is 0.338 e. The lowest BCUT2D eigenvalue weighted by Crippen LogP contribution is -2.40. The lowest BCUT2D eigenvalue weighted by atomic mass is 9.95. The van der Waals surface area contributed by atoms with E-state index in [2.05, 4.69) is 27.6 Å². The quantitative estimate of drug-likeness (QED) is 0.152. The van der Waals surface area contributed by atoms with Gasteiger partial charge < -0.3 is 23.7 Å². The molecule has 0 saturated heterocycles. The van der Waals surface area contributed by atoms with Crippen LogP contribution in [0.2, 0.25) is 5.02 Å². The number of benzene rings is 3. The van der Waals surface area contributed by atoms with Gasteiger partial charge in [-0.3, -0.25) is 9.36 Å². The van der Waals surface area contributed by atoms with Gasteiger partial charge in [-0.05, 0) is 84.0 Å². The van der Waals surface area contributed by atoms with Crippen molar-refractivity contribution >= 4 is 57.6 Å². The molecule has 3 aromatic carbocycles. The minimum Gasteiger partial charge on any atom is -0.493 e. The van der Waals surface area contributed by atoms with Gasteiger partial charge in [0.15, 0.2) is 27.8 Å². The average Bonchev–Trinajstić information content (AvgIpc) is 3.33. The molecule has 1 unspecified atom stereocenters. The fraction of sp³-hybridized carbons (Fsp3) is 0.242. The fourth-order valence-electron chi connectivity index (χ4n) is 5.01. The van der Waals surface area contributed by atoms with E-state index in [9.17, 15) is 9.59 Å². The molecular weight excluding hydrogens is 731 g/mol. The first-order valence-corrected chi connectivity index (χ1v) is 16.1. The predicted octanol–water partition coefficient (Wildman–Crippen LogP) is 5.66. The van der Waals surface area contributed by atoms with Gasteiger partial charge in [-0.2, -0.15) is 0 Å². The van der Waals surface area contributed by atoms with E-state index < -0.39 is 12.0 Å². The van der Waals surface area contributed by atoms with Crippen molar-refractivity contribution in [1.82, 2.24) is 4.57 Å². The third-order valence-corrected chi connectivity index (χ3v) is 9.27. The van der Waals surface area contributed by atoms with Crippen LogP contribution in [-0.4, -0.2) is 38.5 Å². The molecule has 2 heterocycles. The molecule has 5 rings (SSSR count). The summed E-state index contributed by atoms with van der Waals surface area (Å²) in [5, 5.41) is 0.617. The molecule has 1 aliphatic rings. The molecule has 4 aromatic rings. The molecule has 0 amide bonds. The highest BCUT2D eigenvalue weighted by atomic mass is 127. The van der Waals surface area contributed by atoms with E-state index in [-0.39, 0.29) is 24.3 Å². The number of rotatable bonds is 10. The third-order valence-electron chi connectivity index (χ3n) is 7.12.